The summed E-state index contributed by atoms with van der Waals surface area (Å²) in [5.74, 6) is -1.44. The van der Waals surface area contributed by atoms with Crippen LogP contribution < -0.4 is 5.32 Å². The molecule has 0 rings (SSSR count). The number of rotatable bonds is 5. The predicted octanol–water partition coefficient (Wildman–Crippen LogP) is 0.847. The lowest BCUT2D eigenvalue weighted by atomic mass is 10.7. The van der Waals surface area contributed by atoms with Crippen LogP contribution in [0.3, 0.4) is 0 Å². The molecule has 4 atom stereocenters. The minimum absolute atomic E-state index is 0.0289. The summed E-state index contributed by atoms with van der Waals surface area (Å²) in [4.78, 5) is 11.0. The van der Waals surface area contributed by atoms with Gasteiger partial charge in [0.25, 0.3) is 0 Å². The van der Waals surface area contributed by atoms with Gasteiger partial charge in [-0.3, -0.25) is 5.32 Å². The Morgan fingerprint density at radius 1 is 1.75 bits per heavy atom. The smallest absolute Gasteiger partial charge is 0.440 e. The van der Waals surface area contributed by atoms with E-state index in [1.54, 1.807) is 0 Å². The zero-order valence-electron chi connectivity index (χ0n) is 6.73. The Kier molecular flexibility index (Phi) is 7.02. The van der Waals surface area contributed by atoms with Gasteiger partial charge in [-0.1, -0.05) is 8.93 Å². The van der Waals surface area contributed by atoms with Crippen molar-refractivity contribution in [1.29, 1.82) is 0 Å². The van der Waals surface area contributed by atoms with E-state index in [-0.39, 0.29) is 8.50 Å². The number of nitrogens with one attached hydrogen (secondary N) is 1. The molecule has 0 aromatic heterocycles. The van der Waals surface area contributed by atoms with Crippen LogP contribution in [-0.2, 0) is 18.4 Å². The fourth-order valence-corrected chi connectivity index (χ4v) is 1.86. The summed E-state index contributed by atoms with van der Waals surface area (Å²) in [5.41, 5.74) is 0. The van der Waals surface area contributed by atoms with Crippen molar-refractivity contribution in [3.8, 4) is 0 Å². The van der Waals surface area contributed by atoms with E-state index >= 15 is 0 Å². The number of carbonyl (C=O) groups is 1. The van der Waals surface area contributed by atoms with Gasteiger partial charge in [0, 0.05) is 0 Å². The van der Waals surface area contributed by atoms with Gasteiger partial charge in [-0.15, -0.1) is 4.52 Å². The highest BCUT2D eigenvalue weighted by molar-refractivity contribution is 8.00. The molecule has 4 unspecified atom stereocenters. The second-order valence-electron chi connectivity index (χ2n) is 1.70. The molecule has 8 heteroatoms. The molecule has 70 valence electrons. The van der Waals surface area contributed by atoms with Crippen molar-refractivity contribution < 1.29 is 18.4 Å². The van der Waals surface area contributed by atoms with E-state index in [0.717, 1.165) is 0 Å². The highest BCUT2D eigenvalue weighted by Crippen LogP contribution is 2.30. The summed E-state index contributed by atoms with van der Waals surface area (Å²) >= 11 is 0. The Morgan fingerprint density at radius 2 is 2.33 bits per heavy atom. The van der Waals surface area contributed by atoms with Crippen molar-refractivity contribution in [3.05, 3.63) is 0 Å². The molecular formula is C4H11NO4P3+. The van der Waals surface area contributed by atoms with Crippen molar-refractivity contribution >= 4 is 31.4 Å². The Hall–Kier alpha value is 0.350. The summed E-state index contributed by atoms with van der Waals surface area (Å²) in [6, 6.07) is 0. The van der Waals surface area contributed by atoms with Gasteiger partial charge in [-0.05, 0) is 11.6 Å². The second-order valence-corrected chi connectivity index (χ2v) is 4.30. The Morgan fingerprint density at radius 3 is 2.67 bits per heavy atom. The molecule has 0 fully saturated rings. The molecular weight excluding hydrogens is 219 g/mol. The lowest BCUT2D eigenvalue weighted by Crippen LogP contribution is -2.31. The van der Waals surface area contributed by atoms with Gasteiger partial charge in [0.2, 0.25) is 0 Å². The van der Waals surface area contributed by atoms with Gasteiger partial charge in [0.15, 0.2) is 0 Å². The first-order valence-electron chi connectivity index (χ1n) is 3.01. The van der Waals surface area contributed by atoms with Crippen LogP contribution in [0.1, 0.15) is 0 Å². The van der Waals surface area contributed by atoms with Crippen molar-refractivity contribution in [2.24, 2.45) is 0 Å². The molecule has 0 aromatic rings. The summed E-state index contributed by atoms with van der Waals surface area (Å²) in [6.07, 6.45) is 0. The Bertz CT molecular complexity index is 176. The van der Waals surface area contributed by atoms with Gasteiger partial charge in [0.1, 0.15) is 0 Å². The van der Waals surface area contributed by atoms with Gasteiger partial charge in [-0.25, -0.2) is 4.79 Å². The summed E-state index contributed by atoms with van der Waals surface area (Å²) < 4.78 is 20.2. The predicted molar refractivity (Wildman–Crippen MR) is 51.6 cm³/mol. The van der Waals surface area contributed by atoms with Crippen LogP contribution in [-0.4, -0.2) is 25.9 Å². The average Bonchev–Trinajstić information content (AvgIpc) is 2.06. The van der Waals surface area contributed by atoms with E-state index in [2.05, 4.69) is 23.3 Å². The zero-order chi connectivity index (χ0) is 9.56. The molecule has 0 heterocycles. The second kappa shape index (κ2) is 6.82. The molecule has 0 aromatic carbocycles. The quantitative estimate of drug-likeness (QED) is 0.709. The Balaban J connectivity index is 4.14. The first-order valence-corrected chi connectivity index (χ1v) is 6.97. The van der Waals surface area contributed by atoms with Crippen LogP contribution in [0, 0.1) is 0 Å². The third kappa shape index (κ3) is 3.84. The molecule has 0 radical (unpaired) electrons. The van der Waals surface area contributed by atoms with E-state index in [1.165, 1.54) is 14.2 Å². The zero-order valence-corrected chi connectivity index (χ0v) is 9.78. The third-order valence-corrected chi connectivity index (χ3v) is 2.97. The number of hydrogen-bond donors (Lipinski definition) is 1. The number of carbonyl (C=O) groups excluding carboxylic acids is 1. The topological polar surface area (TPSA) is 64.6 Å². The van der Waals surface area contributed by atoms with Crippen molar-refractivity contribution in [3.63, 3.8) is 0 Å². The van der Waals surface area contributed by atoms with Gasteiger partial charge in [-0.2, -0.15) is 0 Å². The molecule has 0 aliphatic heterocycles. The van der Waals surface area contributed by atoms with Gasteiger partial charge in [0.05, 0.1) is 15.6 Å². The standard InChI is InChI=1S/C4H11NO4P3/c1-5-3(12(7)8-2)4(6)9-11-10/h3,5,11H,10H2,1-2H3/q+1. The maximum absolute atomic E-state index is 11.0. The van der Waals surface area contributed by atoms with Gasteiger partial charge < -0.3 is 4.52 Å². The third-order valence-electron chi connectivity index (χ3n) is 1.05. The maximum atomic E-state index is 11.0. The molecule has 1 N–H and O–H groups in total. The minimum atomic E-state index is -2.03. The highest BCUT2D eigenvalue weighted by atomic mass is 32.0. The highest BCUT2D eigenvalue weighted by Gasteiger charge is 2.38. The van der Waals surface area contributed by atoms with Crippen LogP contribution in [0.4, 0.5) is 0 Å². The fourth-order valence-electron chi connectivity index (χ4n) is 0.529. The molecule has 12 heavy (non-hydrogen) atoms. The van der Waals surface area contributed by atoms with Crippen molar-refractivity contribution in [1.82, 2.24) is 5.32 Å². The maximum Gasteiger partial charge on any atom is 0.539 e. The van der Waals surface area contributed by atoms with E-state index in [9.17, 15) is 9.36 Å². The van der Waals surface area contributed by atoms with Crippen LogP contribution in [0.15, 0.2) is 0 Å². The van der Waals surface area contributed by atoms with Crippen LogP contribution in [0.2, 0.25) is 0 Å². The largest absolute Gasteiger partial charge is 0.539 e. The molecule has 0 amide bonds. The lowest BCUT2D eigenvalue weighted by Gasteiger charge is -2.02. The van der Waals surface area contributed by atoms with Crippen molar-refractivity contribution in [2.45, 2.75) is 5.78 Å². The van der Waals surface area contributed by atoms with Crippen LogP contribution in [0.5, 0.6) is 0 Å². The number of likely N-dealkylation sites (N-methyl/N-ethyl adjacent to an activating group) is 1. The van der Waals surface area contributed by atoms with E-state index in [0.29, 0.717) is 0 Å². The van der Waals surface area contributed by atoms with E-state index in [4.69, 9.17) is 0 Å². The molecule has 0 bridgehead atoms. The molecule has 0 aliphatic carbocycles. The van der Waals surface area contributed by atoms with Crippen molar-refractivity contribution in [2.75, 3.05) is 14.2 Å². The molecule has 5 nitrogen and oxygen atoms in total. The molecule has 0 saturated carbocycles. The summed E-state index contributed by atoms with van der Waals surface area (Å²) in [6.45, 7) is 0. The minimum Gasteiger partial charge on any atom is -0.440 e. The van der Waals surface area contributed by atoms with Crippen LogP contribution >= 0.6 is 25.5 Å². The lowest BCUT2D eigenvalue weighted by molar-refractivity contribution is -0.133. The molecule has 0 spiro atoms. The SMILES string of the molecule is CNC(C(=O)OPP)[P+](=O)OC. The van der Waals surface area contributed by atoms with Crippen LogP contribution in [0.25, 0.3) is 0 Å². The summed E-state index contributed by atoms with van der Waals surface area (Å²) in [7, 11) is 2.99. The van der Waals surface area contributed by atoms with Gasteiger partial charge >= 0.3 is 19.8 Å². The first-order chi connectivity index (χ1) is 5.67. The average molecular weight is 230 g/mol. The Labute approximate surface area is 75.8 Å². The monoisotopic (exact) mass is 230 g/mol. The fraction of sp³-hybridized carbons (Fsp3) is 0.750. The first kappa shape index (κ1) is 12.3. The number of hydrogen-bond acceptors (Lipinski definition) is 5. The van der Waals surface area contributed by atoms with E-state index in [1.807, 2.05) is 0 Å². The molecule has 0 aliphatic rings. The van der Waals surface area contributed by atoms with E-state index < -0.39 is 19.8 Å². The normalized spacial score (nSPS) is 14.8. The summed E-state index contributed by atoms with van der Waals surface area (Å²) in [5, 5.41) is 2.55. The molecule has 0 saturated heterocycles.